The van der Waals surface area contributed by atoms with E-state index in [1.54, 1.807) is 24.0 Å². The van der Waals surface area contributed by atoms with Gasteiger partial charge in [0.15, 0.2) is 5.82 Å². The van der Waals surface area contributed by atoms with Gasteiger partial charge in [-0.05, 0) is 37.9 Å². The number of fused-ring (bicyclic) bond motifs is 1. The molecule has 2 aromatic rings. The monoisotopic (exact) mass is 326 g/mol. The van der Waals surface area contributed by atoms with Crippen molar-refractivity contribution in [2.24, 2.45) is 7.05 Å². The molecule has 0 N–H and O–H groups in total. The molecule has 3 heterocycles. The number of aryl methyl sites for hydroxylation is 3. The van der Waals surface area contributed by atoms with E-state index >= 15 is 0 Å². The molecule has 1 aliphatic carbocycles. The number of aromatic nitrogens is 4. The molecule has 7 heteroatoms. The van der Waals surface area contributed by atoms with Crippen molar-refractivity contribution < 1.29 is 0 Å². The number of rotatable bonds is 4. The maximum absolute atomic E-state index is 12.1. The summed E-state index contributed by atoms with van der Waals surface area (Å²) in [6.07, 6.45) is 6.74. The molecule has 24 heavy (non-hydrogen) atoms. The first-order valence-electron chi connectivity index (χ1n) is 8.43. The van der Waals surface area contributed by atoms with Gasteiger partial charge in [-0.2, -0.15) is 5.10 Å². The molecule has 0 aromatic carbocycles. The summed E-state index contributed by atoms with van der Waals surface area (Å²) in [5, 5.41) is 8.73. The topological polar surface area (TPSA) is 67.2 Å². The van der Waals surface area contributed by atoms with Crippen molar-refractivity contribution in [1.82, 2.24) is 24.6 Å². The van der Waals surface area contributed by atoms with Crippen LogP contribution >= 0.6 is 0 Å². The largest absolute Gasteiger partial charge is 0.352 e. The second-order valence-electron chi connectivity index (χ2n) is 6.79. The van der Waals surface area contributed by atoms with Crippen molar-refractivity contribution in [3.8, 4) is 0 Å². The molecule has 0 saturated carbocycles. The van der Waals surface area contributed by atoms with Gasteiger partial charge in [0, 0.05) is 45.1 Å². The first-order chi connectivity index (χ1) is 11.6. The van der Waals surface area contributed by atoms with Crippen molar-refractivity contribution in [3.05, 3.63) is 45.8 Å². The predicted octanol–water partition coefficient (Wildman–Crippen LogP) is 0.380. The van der Waals surface area contributed by atoms with E-state index in [4.69, 9.17) is 0 Å². The third-order valence-electron chi connectivity index (χ3n) is 5.10. The quantitative estimate of drug-likeness (QED) is 0.809. The third kappa shape index (κ3) is 2.69. The summed E-state index contributed by atoms with van der Waals surface area (Å²) >= 11 is 0. The maximum Gasteiger partial charge on any atom is 0.273 e. The van der Waals surface area contributed by atoms with E-state index < -0.39 is 0 Å². The minimum Gasteiger partial charge on any atom is -0.352 e. The summed E-state index contributed by atoms with van der Waals surface area (Å²) in [6.45, 7) is 2.40. The van der Waals surface area contributed by atoms with Crippen LogP contribution in [0.25, 0.3) is 0 Å². The Morgan fingerprint density at radius 1 is 1.29 bits per heavy atom. The minimum absolute atomic E-state index is 0.0231. The number of hydrogen-bond acceptors (Lipinski definition) is 6. The van der Waals surface area contributed by atoms with Gasteiger partial charge in [-0.15, -0.1) is 5.10 Å². The first kappa shape index (κ1) is 15.3. The van der Waals surface area contributed by atoms with Crippen LogP contribution in [0.2, 0.25) is 0 Å². The summed E-state index contributed by atoms with van der Waals surface area (Å²) in [7, 11) is 3.80. The lowest BCUT2D eigenvalue weighted by molar-refractivity contribution is 0.193. The van der Waals surface area contributed by atoms with Gasteiger partial charge in [0.05, 0.1) is 5.69 Å². The van der Waals surface area contributed by atoms with Crippen LogP contribution in [0.3, 0.4) is 0 Å². The lowest BCUT2D eigenvalue weighted by atomic mass is 10.1. The van der Waals surface area contributed by atoms with Crippen LogP contribution in [0, 0.1) is 0 Å². The highest BCUT2D eigenvalue weighted by Crippen LogP contribution is 2.26. The lowest BCUT2D eigenvalue weighted by Gasteiger charge is -2.44. The normalized spacial score (nSPS) is 17.2. The van der Waals surface area contributed by atoms with Gasteiger partial charge in [-0.3, -0.25) is 14.7 Å². The molecule has 0 unspecified atom stereocenters. The molecule has 0 atom stereocenters. The molecular weight excluding hydrogens is 304 g/mol. The second kappa shape index (κ2) is 5.98. The summed E-state index contributed by atoms with van der Waals surface area (Å²) in [6, 6.07) is 2.60. The second-order valence-corrected chi connectivity index (χ2v) is 6.79. The highest BCUT2D eigenvalue weighted by molar-refractivity contribution is 5.45. The molecule has 0 spiro atoms. The van der Waals surface area contributed by atoms with E-state index in [2.05, 4.69) is 31.0 Å². The smallest absolute Gasteiger partial charge is 0.273 e. The van der Waals surface area contributed by atoms with Gasteiger partial charge in [-0.1, -0.05) is 0 Å². The fraction of sp³-hybridized carbons (Fsp3) is 0.529. The number of nitrogens with zero attached hydrogens (tertiary/aromatic N) is 6. The van der Waals surface area contributed by atoms with E-state index in [1.165, 1.54) is 17.7 Å². The van der Waals surface area contributed by atoms with Crippen LogP contribution in [0.4, 0.5) is 5.82 Å². The van der Waals surface area contributed by atoms with E-state index in [1.807, 2.05) is 7.05 Å². The Morgan fingerprint density at radius 2 is 2.12 bits per heavy atom. The van der Waals surface area contributed by atoms with E-state index in [0.717, 1.165) is 31.7 Å². The summed E-state index contributed by atoms with van der Waals surface area (Å²) in [5.74, 6) is 0.981. The standard InChI is InChI=1S/C17H22N6O/c1-21-7-6-18-15(17(21)24)11-22(2)13-9-23(10-13)16-8-12-4-3-5-14(12)19-20-16/h6-8,13H,3-5,9-11H2,1-2H3. The van der Waals surface area contributed by atoms with Crippen molar-refractivity contribution in [3.63, 3.8) is 0 Å². The molecule has 2 aromatic heterocycles. The Morgan fingerprint density at radius 3 is 2.96 bits per heavy atom. The average molecular weight is 326 g/mol. The SMILES string of the molecule is CN(Cc1nccn(C)c1=O)C1CN(c2cc3c(nn2)CCC3)C1. The molecule has 0 amide bonds. The Bertz CT molecular complexity index is 811. The minimum atomic E-state index is -0.0231. The van der Waals surface area contributed by atoms with Gasteiger partial charge in [-0.25, -0.2) is 0 Å². The van der Waals surface area contributed by atoms with Crippen molar-refractivity contribution in [2.75, 3.05) is 25.0 Å². The van der Waals surface area contributed by atoms with Crippen LogP contribution in [-0.2, 0) is 26.4 Å². The van der Waals surface area contributed by atoms with Gasteiger partial charge < -0.3 is 9.47 Å². The Hall–Kier alpha value is -2.28. The fourth-order valence-electron chi connectivity index (χ4n) is 3.42. The first-order valence-corrected chi connectivity index (χ1v) is 8.43. The summed E-state index contributed by atoms with van der Waals surface area (Å²) in [5.41, 5.74) is 3.09. The van der Waals surface area contributed by atoms with Crippen LogP contribution in [0.5, 0.6) is 0 Å². The highest BCUT2D eigenvalue weighted by atomic mass is 16.1. The van der Waals surface area contributed by atoms with E-state index in [9.17, 15) is 4.79 Å². The van der Waals surface area contributed by atoms with Crippen LogP contribution < -0.4 is 10.5 Å². The number of likely N-dealkylation sites (N-methyl/N-ethyl adjacent to an activating group) is 1. The highest BCUT2D eigenvalue weighted by Gasteiger charge is 2.32. The lowest BCUT2D eigenvalue weighted by Crippen LogP contribution is -2.58. The number of anilines is 1. The zero-order valence-corrected chi connectivity index (χ0v) is 14.1. The molecule has 1 aliphatic heterocycles. The van der Waals surface area contributed by atoms with Crippen LogP contribution in [0.15, 0.2) is 23.3 Å². The molecule has 7 nitrogen and oxygen atoms in total. The van der Waals surface area contributed by atoms with Crippen LogP contribution in [0.1, 0.15) is 23.4 Å². The Labute approximate surface area is 140 Å². The molecule has 0 radical (unpaired) electrons. The van der Waals surface area contributed by atoms with Gasteiger partial charge >= 0.3 is 0 Å². The van der Waals surface area contributed by atoms with E-state index in [-0.39, 0.29) is 5.56 Å². The Kier molecular flexibility index (Phi) is 3.80. The van der Waals surface area contributed by atoms with Gasteiger partial charge in [0.2, 0.25) is 0 Å². The molecule has 2 aliphatic rings. The maximum atomic E-state index is 12.1. The molecular formula is C17H22N6O. The number of hydrogen-bond donors (Lipinski definition) is 0. The zero-order valence-electron chi connectivity index (χ0n) is 14.1. The molecule has 1 saturated heterocycles. The fourth-order valence-corrected chi connectivity index (χ4v) is 3.42. The molecule has 4 rings (SSSR count). The van der Waals surface area contributed by atoms with Crippen LogP contribution in [-0.4, -0.2) is 50.8 Å². The van der Waals surface area contributed by atoms with Crippen molar-refractivity contribution in [1.29, 1.82) is 0 Å². The molecule has 0 bridgehead atoms. The average Bonchev–Trinajstić information content (AvgIpc) is 2.98. The zero-order chi connectivity index (χ0) is 16.7. The van der Waals surface area contributed by atoms with Gasteiger partial charge in [0.25, 0.3) is 5.56 Å². The summed E-state index contributed by atoms with van der Waals surface area (Å²) < 4.78 is 1.57. The van der Waals surface area contributed by atoms with E-state index in [0.29, 0.717) is 18.3 Å². The molecule has 126 valence electrons. The Balaban J connectivity index is 1.38. The van der Waals surface area contributed by atoms with Gasteiger partial charge in [0.1, 0.15) is 5.69 Å². The molecule has 1 fully saturated rings. The predicted molar refractivity (Wildman–Crippen MR) is 91.0 cm³/mol. The van der Waals surface area contributed by atoms with Crippen molar-refractivity contribution >= 4 is 5.82 Å². The van der Waals surface area contributed by atoms with Crippen molar-refractivity contribution in [2.45, 2.75) is 31.8 Å². The third-order valence-corrected chi connectivity index (χ3v) is 5.10. The summed E-state index contributed by atoms with van der Waals surface area (Å²) in [4.78, 5) is 20.7.